The molecule has 0 amide bonds. The predicted molar refractivity (Wildman–Crippen MR) is 92.3 cm³/mol. The highest BCUT2D eigenvalue weighted by molar-refractivity contribution is 5.47. The molecule has 3 heteroatoms. The number of hydrogen-bond donors (Lipinski definition) is 2. The number of aryl methyl sites for hydroxylation is 2. The molecule has 118 valence electrons. The molecular weight excluding hydrogens is 272 g/mol. The Labute approximate surface area is 133 Å². The van der Waals surface area contributed by atoms with Crippen molar-refractivity contribution in [2.75, 3.05) is 5.32 Å². The summed E-state index contributed by atoms with van der Waals surface area (Å²) in [5, 5.41) is 13.4. The van der Waals surface area contributed by atoms with Gasteiger partial charge >= 0.3 is 0 Å². The van der Waals surface area contributed by atoms with Crippen molar-refractivity contribution in [3.05, 3.63) is 53.2 Å². The van der Waals surface area contributed by atoms with Gasteiger partial charge in [-0.05, 0) is 37.5 Å². The van der Waals surface area contributed by atoms with Crippen LogP contribution in [0.2, 0.25) is 0 Å². The molecule has 1 aromatic carbocycles. The minimum Gasteiger partial charge on any atom is -0.506 e. The van der Waals surface area contributed by atoms with Crippen LogP contribution >= 0.6 is 0 Å². The van der Waals surface area contributed by atoms with E-state index in [0.29, 0.717) is 5.69 Å². The molecule has 2 N–H and O–H groups in total. The van der Waals surface area contributed by atoms with E-state index in [1.165, 1.54) is 24.8 Å². The van der Waals surface area contributed by atoms with E-state index in [1.807, 2.05) is 26.0 Å². The molecule has 0 saturated heterocycles. The predicted octanol–water partition coefficient (Wildman–Crippen LogP) is 5.14. The van der Waals surface area contributed by atoms with E-state index in [9.17, 15) is 5.11 Å². The van der Waals surface area contributed by atoms with Crippen LogP contribution in [0, 0.1) is 13.8 Å². The fraction of sp³-hybridized carbons (Fsp3) is 0.421. The Bertz CT molecular complexity index is 573. The zero-order valence-corrected chi connectivity index (χ0v) is 13.8. The van der Waals surface area contributed by atoms with Gasteiger partial charge in [-0.15, -0.1) is 0 Å². The lowest BCUT2D eigenvalue weighted by Crippen LogP contribution is -2.12. The van der Waals surface area contributed by atoms with Crippen LogP contribution in [0.3, 0.4) is 0 Å². The van der Waals surface area contributed by atoms with Crippen LogP contribution in [-0.4, -0.2) is 10.1 Å². The van der Waals surface area contributed by atoms with Gasteiger partial charge < -0.3 is 10.4 Å². The molecule has 2 aromatic rings. The zero-order valence-electron chi connectivity index (χ0n) is 13.8. The Balaban J connectivity index is 2.19. The van der Waals surface area contributed by atoms with Gasteiger partial charge in [0.15, 0.2) is 0 Å². The van der Waals surface area contributed by atoms with Crippen molar-refractivity contribution >= 4 is 5.82 Å². The summed E-state index contributed by atoms with van der Waals surface area (Å²) in [7, 11) is 0. The monoisotopic (exact) mass is 298 g/mol. The summed E-state index contributed by atoms with van der Waals surface area (Å²) < 4.78 is 0. The first-order valence-corrected chi connectivity index (χ1v) is 8.10. The molecule has 0 spiro atoms. The minimum atomic E-state index is 0.253. The number of nitrogens with one attached hydrogen (secondary N) is 1. The smallest absolute Gasteiger partial charge is 0.139 e. The summed E-state index contributed by atoms with van der Waals surface area (Å²) in [4.78, 5) is 4.47. The number of anilines is 1. The van der Waals surface area contributed by atoms with Crippen molar-refractivity contribution in [2.24, 2.45) is 0 Å². The van der Waals surface area contributed by atoms with Gasteiger partial charge in [-0.2, -0.15) is 0 Å². The third-order valence-corrected chi connectivity index (χ3v) is 3.98. The topological polar surface area (TPSA) is 45.1 Å². The fourth-order valence-corrected chi connectivity index (χ4v) is 2.68. The number of nitrogens with zero attached hydrogens (tertiary/aromatic N) is 1. The van der Waals surface area contributed by atoms with Crippen LogP contribution in [0.25, 0.3) is 0 Å². The molecular formula is C19H26N2O. The van der Waals surface area contributed by atoms with Gasteiger partial charge in [0.2, 0.25) is 0 Å². The summed E-state index contributed by atoms with van der Waals surface area (Å²) in [6, 6.07) is 12.7. The third kappa shape index (κ3) is 4.23. The number of benzene rings is 1. The van der Waals surface area contributed by atoms with Crippen LogP contribution in [0.15, 0.2) is 36.4 Å². The van der Waals surface area contributed by atoms with E-state index in [0.717, 1.165) is 17.8 Å². The Kier molecular flexibility index (Phi) is 5.82. The van der Waals surface area contributed by atoms with Gasteiger partial charge in [0, 0.05) is 0 Å². The highest BCUT2D eigenvalue weighted by Gasteiger charge is 2.13. The van der Waals surface area contributed by atoms with Gasteiger partial charge in [-0.25, -0.2) is 4.98 Å². The normalized spacial score (nSPS) is 12.1. The molecule has 0 aliphatic carbocycles. The van der Waals surface area contributed by atoms with Crippen molar-refractivity contribution in [3.8, 4) is 5.75 Å². The molecule has 0 aliphatic heterocycles. The average molecular weight is 298 g/mol. The average Bonchev–Trinajstić information content (AvgIpc) is 2.52. The molecule has 2 rings (SSSR count). The number of rotatable bonds is 7. The first-order chi connectivity index (χ1) is 10.6. The number of aromatic nitrogens is 1. The molecule has 0 aliphatic rings. The first kappa shape index (κ1) is 16.3. The summed E-state index contributed by atoms with van der Waals surface area (Å²) in [6.07, 6.45) is 4.74. The summed E-state index contributed by atoms with van der Waals surface area (Å²) >= 11 is 0. The molecule has 1 heterocycles. The van der Waals surface area contributed by atoms with Gasteiger partial charge in [-0.1, -0.05) is 56.5 Å². The van der Waals surface area contributed by atoms with Crippen LogP contribution in [-0.2, 0) is 0 Å². The highest BCUT2D eigenvalue weighted by atomic mass is 16.3. The molecule has 22 heavy (non-hydrogen) atoms. The van der Waals surface area contributed by atoms with E-state index in [2.05, 4.69) is 41.5 Å². The Morgan fingerprint density at radius 1 is 1.14 bits per heavy atom. The highest BCUT2D eigenvalue weighted by Crippen LogP contribution is 2.27. The van der Waals surface area contributed by atoms with E-state index < -0.39 is 0 Å². The Hall–Kier alpha value is -2.03. The van der Waals surface area contributed by atoms with Crippen molar-refractivity contribution in [1.82, 2.24) is 4.98 Å². The molecule has 0 bridgehead atoms. The second-order valence-electron chi connectivity index (χ2n) is 5.86. The zero-order chi connectivity index (χ0) is 15.9. The maximum absolute atomic E-state index is 9.86. The summed E-state index contributed by atoms with van der Waals surface area (Å²) in [5.41, 5.74) is 2.81. The van der Waals surface area contributed by atoms with Crippen molar-refractivity contribution in [1.29, 1.82) is 0 Å². The van der Waals surface area contributed by atoms with E-state index in [-0.39, 0.29) is 11.8 Å². The van der Waals surface area contributed by atoms with Gasteiger partial charge in [-0.3, -0.25) is 0 Å². The maximum atomic E-state index is 9.86. The first-order valence-electron chi connectivity index (χ1n) is 8.10. The lowest BCUT2D eigenvalue weighted by Gasteiger charge is -2.20. The van der Waals surface area contributed by atoms with E-state index >= 15 is 0 Å². The quantitative estimate of drug-likeness (QED) is 0.696. The van der Waals surface area contributed by atoms with Crippen LogP contribution in [0.5, 0.6) is 5.75 Å². The molecule has 0 saturated carbocycles. The molecule has 1 unspecified atom stereocenters. The van der Waals surface area contributed by atoms with Crippen molar-refractivity contribution in [3.63, 3.8) is 0 Å². The van der Waals surface area contributed by atoms with Crippen molar-refractivity contribution < 1.29 is 5.11 Å². The van der Waals surface area contributed by atoms with Crippen molar-refractivity contribution in [2.45, 2.75) is 52.5 Å². The largest absolute Gasteiger partial charge is 0.506 e. The minimum absolute atomic E-state index is 0.253. The molecule has 0 radical (unpaired) electrons. The molecule has 0 fully saturated rings. The summed E-state index contributed by atoms with van der Waals surface area (Å²) in [5.74, 6) is 1.12. The van der Waals surface area contributed by atoms with Crippen LogP contribution < -0.4 is 5.32 Å². The number of pyridine rings is 1. The lowest BCUT2D eigenvalue weighted by molar-refractivity contribution is 0.463. The van der Waals surface area contributed by atoms with Gasteiger partial charge in [0.1, 0.15) is 11.6 Å². The van der Waals surface area contributed by atoms with E-state index in [1.54, 1.807) is 0 Å². The van der Waals surface area contributed by atoms with Crippen LogP contribution in [0.4, 0.5) is 5.82 Å². The van der Waals surface area contributed by atoms with E-state index in [4.69, 9.17) is 0 Å². The Morgan fingerprint density at radius 2 is 1.86 bits per heavy atom. The number of unbranched alkanes of at least 4 members (excludes halogenated alkanes) is 2. The third-order valence-electron chi connectivity index (χ3n) is 3.98. The summed E-state index contributed by atoms with van der Waals surface area (Å²) in [6.45, 7) is 5.96. The molecule has 1 atom stereocenters. The van der Waals surface area contributed by atoms with Crippen LogP contribution in [0.1, 0.15) is 55.5 Å². The van der Waals surface area contributed by atoms with Gasteiger partial charge in [0.05, 0.1) is 11.7 Å². The SMILES string of the molecule is CCCCCC(Nc1cc(C)c(O)c(C)n1)c1ccccc1. The fourth-order valence-electron chi connectivity index (χ4n) is 2.68. The lowest BCUT2D eigenvalue weighted by atomic mass is 10.0. The second kappa shape index (κ2) is 7.83. The molecule has 3 nitrogen and oxygen atoms in total. The Morgan fingerprint density at radius 3 is 2.50 bits per heavy atom. The number of hydrogen-bond acceptors (Lipinski definition) is 3. The maximum Gasteiger partial charge on any atom is 0.139 e. The number of aromatic hydroxyl groups is 1. The van der Waals surface area contributed by atoms with Gasteiger partial charge in [0.25, 0.3) is 0 Å². The standard InChI is InChI=1S/C19H26N2O/c1-4-5-7-12-17(16-10-8-6-9-11-16)21-18-13-14(2)19(22)15(3)20-18/h6,8-11,13,17,22H,4-5,7,12H2,1-3H3,(H,20,21). The second-order valence-corrected chi connectivity index (χ2v) is 5.86. The molecule has 1 aromatic heterocycles.